The topological polar surface area (TPSA) is 0 Å². The van der Waals surface area contributed by atoms with Crippen molar-refractivity contribution in [2.75, 3.05) is 0 Å². The first kappa shape index (κ1) is 9.36. The van der Waals surface area contributed by atoms with Gasteiger partial charge in [0.1, 0.15) is 0 Å². The molecule has 16 heavy (non-hydrogen) atoms. The van der Waals surface area contributed by atoms with Gasteiger partial charge in [0.15, 0.2) is 0 Å². The zero-order chi connectivity index (χ0) is 10.5. The van der Waals surface area contributed by atoms with Crippen LogP contribution in [0.1, 0.15) is 0 Å². The van der Waals surface area contributed by atoms with Gasteiger partial charge in [0.2, 0.25) is 0 Å². The van der Waals surface area contributed by atoms with Gasteiger partial charge in [0, 0.05) is 29.9 Å². The van der Waals surface area contributed by atoms with E-state index in [1.54, 1.807) is 0 Å². The van der Waals surface area contributed by atoms with Gasteiger partial charge < -0.3 is 0 Å². The lowest BCUT2D eigenvalue weighted by atomic mass is 10.1. The first-order valence-corrected chi connectivity index (χ1v) is 9.19. The van der Waals surface area contributed by atoms with Crippen LogP contribution in [0.3, 0.4) is 0 Å². The molecule has 0 radical (unpaired) electrons. The van der Waals surface area contributed by atoms with E-state index in [4.69, 9.17) is 0 Å². The zero-order valence-corrected chi connectivity index (χ0v) is 11.4. The van der Waals surface area contributed by atoms with E-state index in [2.05, 4.69) is 36.4 Å². The third kappa shape index (κ3) is 1.18. The third-order valence-corrected chi connectivity index (χ3v) is 7.57. The summed E-state index contributed by atoms with van der Waals surface area (Å²) in [6.45, 7) is 0. The number of hydrogen-bond acceptors (Lipinski definition) is 4. The van der Waals surface area contributed by atoms with Gasteiger partial charge in [-0.2, -0.15) is 0 Å². The van der Waals surface area contributed by atoms with Gasteiger partial charge in [-0.25, -0.2) is 0 Å². The second-order valence-corrected chi connectivity index (χ2v) is 8.02. The maximum atomic E-state index is 2.23. The fourth-order valence-electron chi connectivity index (χ4n) is 1.97. The molecule has 0 spiro atoms. The van der Waals surface area contributed by atoms with Gasteiger partial charge in [-0.1, -0.05) is 53.5 Å². The van der Waals surface area contributed by atoms with E-state index < -0.39 is 0 Å². The lowest BCUT2D eigenvalue weighted by molar-refractivity contribution is 1.85. The van der Waals surface area contributed by atoms with Gasteiger partial charge in [-0.3, -0.25) is 0 Å². The highest BCUT2D eigenvalue weighted by atomic mass is 32.9. The normalized spacial score (nSPS) is 11.8. The molecule has 0 aromatic heterocycles. The Kier molecular flexibility index (Phi) is 1.99. The number of hydrogen-bond donors (Lipinski definition) is 0. The zero-order valence-electron chi connectivity index (χ0n) is 8.10. The van der Waals surface area contributed by atoms with Crippen LogP contribution in [0.15, 0.2) is 36.4 Å². The molecule has 0 N–H and O–H groups in total. The minimum absolute atomic E-state index is 1.41. The molecule has 0 unspecified atom stereocenters. The molecule has 4 rings (SSSR count). The molecule has 0 nitrogen and oxygen atoms in total. The summed E-state index contributed by atoms with van der Waals surface area (Å²) in [6.07, 6.45) is 0. The van der Waals surface area contributed by atoms with Crippen LogP contribution >= 0.6 is 41.4 Å². The molecule has 2 aliphatic heterocycles. The summed E-state index contributed by atoms with van der Waals surface area (Å²) in [6, 6.07) is 13.2. The molecule has 0 saturated carbocycles. The van der Waals surface area contributed by atoms with Crippen LogP contribution in [-0.2, 0) is 0 Å². The van der Waals surface area contributed by atoms with Crippen LogP contribution in [0, 0.1) is 0 Å². The van der Waals surface area contributed by atoms with Crippen LogP contribution in [-0.4, -0.2) is 0 Å². The standard InChI is InChI=1S/C12H6S4/c1-3-7-11-8(4-1)14-16-10-6-2-5-9(12(10)11)15-13-7/h1-6H. The Hall–Kier alpha value is -0.680. The molecule has 2 heterocycles. The first-order valence-electron chi connectivity index (χ1n) is 4.89. The fourth-order valence-corrected chi connectivity index (χ4v) is 6.92. The van der Waals surface area contributed by atoms with Gasteiger partial charge in [-0.15, -0.1) is 0 Å². The molecule has 2 aromatic carbocycles. The molecule has 2 aromatic rings. The second-order valence-electron chi connectivity index (χ2n) is 3.59. The smallest absolute Gasteiger partial charge is 0.0471 e. The van der Waals surface area contributed by atoms with E-state index in [-0.39, 0.29) is 0 Å². The quantitative estimate of drug-likeness (QED) is 0.277. The maximum absolute atomic E-state index is 2.23. The number of benzene rings is 2. The lowest BCUT2D eigenvalue weighted by Gasteiger charge is -2.12. The van der Waals surface area contributed by atoms with Gasteiger partial charge in [0.05, 0.1) is 0 Å². The highest BCUT2D eigenvalue weighted by molar-refractivity contribution is 7.75. The Bertz CT molecular complexity index is 641. The molecular formula is C12H6S4. The van der Waals surface area contributed by atoms with Crippen LogP contribution in [0.5, 0.6) is 0 Å². The lowest BCUT2D eigenvalue weighted by Crippen LogP contribution is -1.83. The molecule has 0 bridgehead atoms. The average molecular weight is 278 g/mol. The summed E-state index contributed by atoms with van der Waals surface area (Å²) < 4.78 is 5.65. The largest absolute Gasteiger partial charge is 0.0794 e. The average Bonchev–Trinajstić information content (AvgIpc) is 2.36. The van der Waals surface area contributed by atoms with Crippen molar-refractivity contribution in [1.29, 1.82) is 0 Å². The minimum Gasteiger partial charge on any atom is -0.0794 e. The van der Waals surface area contributed by atoms with Crippen molar-refractivity contribution < 1.29 is 0 Å². The van der Waals surface area contributed by atoms with E-state index in [0.29, 0.717) is 0 Å². The van der Waals surface area contributed by atoms with E-state index in [0.717, 1.165) is 0 Å². The molecule has 78 valence electrons. The molecule has 2 aliphatic rings. The van der Waals surface area contributed by atoms with Crippen molar-refractivity contribution in [2.24, 2.45) is 0 Å². The summed E-state index contributed by atoms with van der Waals surface area (Å²) in [5, 5.41) is 0. The Balaban J connectivity index is 2.42. The second kappa shape index (κ2) is 3.40. The van der Waals surface area contributed by atoms with Gasteiger partial charge >= 0.3 is 0 Å². The molecule has 0 fully saturated rings. The van der Waals surface area contributed by atoms with Crippen molar-refractivity contribution >= 4 is 60.2 Å². The van der Waals surface area contributed by atoms with Crippen LogP contribution < -0.4 is 0 Å². The van der Waals surface area contributed by atoms with E-state index in [9.17, 15) is 0 Å². The SMILES string of the molecule is c1cc2ssc3cccc4ssc(c1)c2-c34. The van der Waals surface area contributed by atoms with Crippen molar-refractivity contribution in [2.45, 2.75) is 0 Å². The molecule has 0 amide bonds. The van der Waals surface area contributed by atoms with E-state index in [1.807, 2.05) is 41.4 Å². The Morgan fingerprint density at radius 2 is 0.812 bits per heavy atom. The minimum atomic E-state index is 1.41. The Labute approximate surface area is 107 Å². The maximum Gasteiger partial charge on any atom is 0.0471 e. The third-order valence-electron chi connectivity index (χ3n) is 2.67. The van der Waals surface area contributed by atoms with Crippen LogP contribution in [0.25, 0.3) is 29.9 Å². The predicted molar refractivity (Wildman–Crippen MR) is 78.4 cm³/mol. The van der Waals surface area contributed by atoms with Crippen LogP contribution in [0.4, 0.5) is 0 Å². The van der Waals surface area contributed by atoms with E-state index >= 15 is 0 Å². The first-order chi connectivity index (χ1) is 7.93. The van der Waals surface area contributed by atoms with E-state index in [1.165, 1.54) is 29.9 Å². The molecule has 0 aliphatic carbocycles. The molecular weight excluding hydrogens is 272 g/mol. The monoisotopic (exact) mass is 278 g/mol. The van der Waals surface area contributed by atoms with Crippen molar-refractivity contribution in [3.8, 4) is 11.1 Å². The van der Waals surface area contributed by atoms with Crippen LogP contribution in [0.2, 0.25) is 0 Å². The summed E-state index contributed by atoms with van der Waals surface area (Å²) in [4.78, 5) is 0. The van der Waals surface area contributed by atoms with Crippen molar-refractivity contribution in [3.05, 3.63) is 36.4 Å². The molecule has 0 saturated heterocycles. The fraction of sp³-hybridized carbons (Fsp3) is 0. The van der Waals surface area contributed by atoms with Crippen molar-refractivity contribution in [3.63, 3.8) is 0 Å². The Morgan fingerprint density at radius 1 is 0.500 bits per heavy atom. The summed E-state index contributed by atoms with van der Waals surface area (Å²) in [5.41, 5.74) is 2.92. The molecule has 4 heteroatoms. The number of rotatable bonds is 0. The van der Waals surface area contributed by atoms with Gasteiger partial charge in [-0.05, 0) is 24.3 Å². The summed E-state index contributed by atoms with van der Waals surface area (Å²) in [7, 11) is 7.53. The highest BCUT2D eigenvalue weighted by Gasteiger charge is 2.15. The summed E-state index contributed by atoms with van der Waals surface area (Å²) in [5.74, 6) is 0. The summed E-state index contributed by atoms with van der Waals surface area (Å²) >= 11 is 0. The van der Waals surface area contributed by atoms with Crippen molar-refractivity contribution in [1.82, 2.24) is 0 Å². The molecule has 0 atom stereocenters. The predicted octanol–water partition coefficient (Wildman–Crippen LogP) is 5.91. The highest BCUT2D eigenvalue weighted by Crippen LogP contribution is 2.47. The van der Waals surface area contributed by atoms with Gasteiger partial charge in [0.25, 0.3) is 0 Å². The Morgan fingerprint density at radius 3 is 1.12 bits per heavy atom.